The van der Waals surface area contributed by atoms with E-state index in [9.17, 15) is 34.5 Å². The van der Waals surface area contributed by atoms with Crippen molar-refractivity contribution in [3.8, 4) is 5.75 Å². The molecule has 7 N–H and O–H groups in total. The fourth-order valence-electron chi connectivity index (χ4n) is 3.55. The second-order valence-corrected chi connectivity index (χ2v) is 8.34. The average Bonchev–Trinajstić information content (AvgIpc) is 3.27. The minimum absolute atomic E-state index is 0.0179. The van der Waals surface area contributed by atoms with Crippen LogP contribution in [0.2, 0.25) is 0 Å². The van der Waals surface area contributed by atoms with Gasteiger partial charge < -0.3 is 36.6 Å². The average molecular weight is 483 g/mol. The van der Waals surface area contributed by atoms with Crippen molar-refractivity contribution in [3.63, 3.8) is 0 Å². The fraction of sp³-hybridized carbons (Fsp3) is 0.524. The zero-order valence-electron chi connectivity index (χ0n) is 18.2. The summed E-state index contributed by atoms with van der Waals surface area (Å²) < 4.78 is 0. The van der Waals surface area contributed by atoms with E-state index in [4.69, 9.17) is 5.73 Å². The van der Waals surface area contributed by atoms with Gasteiger partial charge >= 0.3 is 5.97 Å². The van der Waals surface area contributed by atoms with E-state index in [1.807, 2.05) is 0 Å². The third-order valence-electron chi connectivity index (χ3n) is 5.41. The Hall–Kier alpha value is -2.83. The largest absolute Gasteiger partial charge is 0.508 e. The molecule has 2 rings (SSSR count). The number of thiol groups is 1. The molecule has 0 bridgehead atoms. The number of likely N-dealkylation sites (tertiary alicyclic amines) is 1. The number of carbonyl (C=O) groups is 4. The van der Waals surface area contributed by atoms with E-state index in [1.165, 1.54) is 24.0 Å². The predicted octanol–water partition coefficient (Wildman–Crippen LogP) is -1.38. The number of nitrogens with zero attached hydrogens (tertiary/aromatic N) is 1. The third kappa shape index (κ3) is 7.07. The number of nitrogens with two attached hydrogens (primary N) is 1. The Morgan fingerprint density at radius 1 is 1.21 bits per heavy atom. The lowest BCUT2D eigenvalue weighted by molar-refractivity contribution is -0.146. The van der Waals surface area contributed by atoms with Crippen LogP contribution in [0.3, 0.4) is 0 Å². The van der Waals surface area contributed by atoms with Crippen molar-refractivity contribution in [2.75, 3.05) is 12.3 Å². The van der Waals surface area contributed by atoms with E-state index >= 15 is 0 Å². The lowest BCUT2D eigenvalue weighted by Gasteiger charge is -2.31. The molecule has 1 aromatic rings. The van der Waals surface area contributed by atoms with Gasteiger partial charge in [-0.25, -0.2) is 4.79 Å². The number of phenols is 1. The number of aliphatic hydroxyl groups is 1. The molecule has 11 nitrogen and oxygen atoms in total. The summed E-state index contributed by atoms with van der Waals surface area (Å²) in [6.45, 7) is 1.54. The highest BCUT2D eigenvalue weighted by Gasteiger charge is 2.40. The third-order valence-corrected chi connectivity index (χ3v) is 5.80. The predicted molar refractivity (Wildman–Crippen MR) is 122 cm³/mol. The van der Waals surface area contributed by atoms with E-state index in [-0.39, 0.29) is 24.5 Å². The molecule has 1 aliphatic heterocycles. The first kappa shape index (κ1) is 26.4. The monoisotopic (exact) mass is 482 g/mol. The quantitative estimate of drug-likeness (QED) is 0.199. The molecule has 5 unspecified atom stereocenters. The van der Waals surface area contributed by atoms with Gasteiger partial charge in [-0.2, -0.15) is 12.6 Å². The van der Waals surface area contributed by atoms with Gasteiger partial charge in [0.05, 0.1) is 12.1 Å². The van der Waals surface area contributed by atoms with E-state index in [0.717, 1.165) is 0 Å². The minimum Gasteiger partial charge on any atom is -0.508 e. The normalized spacial score (nSPS) is 19.3. The summed E-state index contributed by atoms with van der Waals surface area (Å²) in [6.07, 6.45) is -0.467. The second-order valence-electron chi connectivity index (χ2n) is 7.98. The van der Waals surface area contributed by atoms with Crippen LogP contribution in [0.4, 0.5) is 0 Å². The molecule has 33 heavy (non-hydrogen) atoms. The molecule has 1 aliphatic rings. The highest BCUT2D eigenvalue weighted by molar-refractivity contribution is 7.80. The van der Waals surface area contributed by atoms with E-state index in [1.54, 1.807) is 12.1 Å². The Kier molecular flexibility index (Phi) is 9.50. The van der Waals surface area contributed by atoms with Gasteiger partial charge in [-0.05, 0) is 37.5 Å². The van der Waals surface area contributed by atoms with Crippen LogP contribution in [0, 0.1) is 0 Å². The van der Waals surface area contributed by atoms with Gasteiger partial charge in [0.15, 0.2) is 0 Å². The lowest BCUT2D eigenvalue weighted by Crippen LogP contribution is -2.59. The minimum atomic E-state index is -1.32. The fourth-order valence-corrected chi connectivity index (χ4v) is 3.72. The van der Waals surface area contributed by atoms with Gasteiger partial charge in [0.2, 0.25) is 17.7 Å². The van der Waals surface area contributed by atoms with Crippen molar-refractivity contribution in [2.45, 2.75) is 56.5 Å². The van der Waals surface area contributed by atoms with Crippen LogP contribution < -0.4 is 16.4 Å². The van der Waals surface area contributed by atoms with Crippen LogP contribution in [0.15, 0.2) is 24.3 Å². The zero-order valence-corrected chi connectivity index (χ0v) is 19.1. The molecule has 0 aromatic heterocycles. The first-order valence-electron chi connectivity index (χ1n) is 10.5. The Morgan fingerprint density at radius 3 is 2.39 bits per heavy atom. The van der Waals surface area contributed by atoms with Crippen LogP contribution in [-0.4, -0.2) is 86.5 Å². The number of aromatic hydroxyl groups is 1. The maximum Gasteiger partial charge on any atom is 0.326 e. The summed E-state index contributed by atoms with van der Waals surface area (Å²) in [5, 5.41) is 33.8. The maximum atomic E-state index is 13.1. The maximum absolute atomic E-state index is 13.1. The number of phenolic OH excluding ortho intramolecular Hbond substituents is 1. The number of carboxylic acids is 1. The Morgan fingerprint density at radius 2 is 1.85 bits per heavy atom. The summed E-state index contributed by atoms with van der Waals surface area (Å²) in [5.41, 5.74) is 6.21. The van der Waals surface area contributed by atoms with Crippen LogP contribution in [-0.2, 0) is 25.6 Å². The van der Waals surface area contributed by atoms with Crippen LogP contribution in [0.25, 0.3) is 0 Å². The molecule has 5 atom stereocenters. The van der Waals surface area contributed by atoms with Gasteiger partial charge in [0, 0.05) is 18.7 Å². The molecule has 182 valence electrons. The molecule has 1 fully saturated rings. The van der Waals surface area contributed by atoms with Gasteiger partial charge in [-0.1, -0.05) is 12.1 Å². The molecule has 0 aliphatic carbocycles. The van der Waals surface area contributed by atoms with Crippen molar-refractivity contribution < 1.29 is 34.5 Å². The molecule has 1 heterocycles. The number of rotatable bonds is 10. The van der Waals surface area contributed by atoms with Crippen molar-refractivity contribution in [2.24, 2.45) is 5.73 Å². The number of amides is 3. The smallest absolute Gasteiger partial charge is 0.326 e. The summed E-state index contributed by atoms with van der Waals surface area (Å²) >= 11 is 3.94. The Bertz CT molecular complexity index is 865. The number of benzene rings is 1. The number of hydrogen-bond donors (Lipinski definition) is 7. The van der Waals surface area contributed by atoms with Crippen LogP contribution in [0.5, 0.6) is 5.75 Å². The lowest BCUT2D eigenvalue weighted by atomic mass is 10.0. The van der Waals surface area contributed by atoms with Crippen molar-refractivity contribution in [3.05, 3.63) is 29.8 Å². The van der Waals surface area contributed by atoms with Crippen molar-refractivity contribution in [1.82, 2.24) is 15.5 Å². The number of nitrogens with one attached hydrogen (secondary N) is 2. The molecule has 3 amide bonds. The van der Waals surface area contributed by atoms with Gasteiger partial charge in [-0.3, -0.25) is 14.4 Å². The molecular formula is C21H30N4O7S. The van der Waals surface area contributed by atoms with Crippen molar-refractivity contribution >= 4 is 36.3 Å². The molecular weight excluding hydrogens is 452 g/mol. The number of aliphatic hydroxyl groups excluding tert-OH is 1. The first-order chi connectivity index (χ1) is 15.5. The van der Waals surface area contributed by atoms with Gasteiger partial charge in [0.25, 0.3) is 0 Å². The van der Waals surface area contributed by atoms with Gasteiger partial charge in [-0.15, -0.1) is 0 Å². The van der Waals surface area contributed by atoms with Crippen LogP contribution >= 0.6 is 12.6 Å². The number of hydrogen-bond acceptors (Lipinski definition) is 8. The topological polar surface area (TPSA) is 182 Å². The first-order valence-corrected chi connectivity index (χ1v) is 11.1. The summed E-state index contributed by atoms with van der Waals surface area (Å²) in [5.74, 6) is -3.14. The standard InChI is InChI=1S/C21H30N4O7S/c1-11(26)17(24-18(28)14(22)10-33)20(30)25-8-2-3-16(25)19(29)23-15(21(31)32)9-12-4-6-13(27)7-5-12/h4-7,11,14-17,26-27,33H,2-3,8-10,22H2,1H3,(H,23,29)(H,24,28)(H,31,32). The molecule has 0 saturated carbocycles. The summed E-state index contributed by atoms with van der Waals surface area (Å²) in [6, 6.07) is 1.44. The number of carbonyl (C=O) groups excluding carboxylic acids is 3. The molecule has 0 radical (unpaired) electrons. The Labute approximate surface area is 196 Å². The van der Waals surface area contributed by atoms with Crippen LogP contribution in [0.1, 0.15) is 25.3 Å². The van der Waals surface area contributed by atoms with E-state index in [0.29, 0.717) is 18.4 Å². The molecule has 1 aromatic carbocycles. The number of carboxylic acid groups (broad SMARTS) is 1. The molecule has 0 spiro atoms. The summed E-state index contributed by atoms with van der Waals surface area (Å²) in [4.78, 5) is 51.0. The SMILES string of the molecule is CC(O)C(NC(=O)C(N)CS)C(=O)N1CCCC1C(=O)NC(Cc1ccc(O)cc1)C(=O)O. The zero-order chi connectivity index (χ0) is 24.7. The highest BCUT2D eigenvalue weighted by atomic mass is 32.1. The second kappa shape index (κ2) is 11.9. The highest BCUT2D eigenvalue weighted by Crippen LogP contribution is 2.20. The Balaban J connectivity index is 2.11. The van der Waals surface area contributed by atoms with E-state index < -0.39 is 54.0 Å². The molecule has 1 saturated heterocycles. The molecule has 12 heteroatoms. The number of aliphatic carboxylic acids is 1. The van der Waals surface area contributed by atoms with Crippen molar-refractivity contribution in [1.29, 1.82) is 0 Å². The van der Waals surface area contributed by atoms with E-state index in [2.05, 4.69) is 23.3 Å². The van der Waals surface area contributed by atoms with Gasteiger partial charge in [0.1, 0.15) is 23.9 Å². The summed E-state index contributed by atoms with van der Waals surface area (Å²) in [7, 11) is 0.